The van der Waals surface area contributed by atoms with Crippen molar-refractivity contribution in [1.29, 1.82) is 0 Å². The second kappa shape index (κ2) is 5.31. The SMILES string of the molecule is CC(C)C(C)(OBB1OC(C)(C)C(C)(C)O1)C(C)(C)O. The molecular formula is C14H30B2O4. The highest BCUT2D eigenvalue weighted by atomic mass is 16.7. The summed E-state index contributed by atoms with van der Waals surface area (Å²) in [6.45, 7) is 17.6. The third-order valence-electron chi connectivity index (χ3n) is 5.14. The maximum atomic E-state index is 10.4. The van der Waals surface area contributed by atoms with E-state index in [2.05, 4.69) is 0 Å². The lowest BCUT2D eigenvalue weighted by atomic mass is 9.55. The Balaban J connectivity index is 2.73. The van der Waals surface area contributed by atoms with E-state index in [1.807, 2.05) is 48.5 Å². The zero-order valence-corrected chi connectivity index (χ0v) is 14.5. The van der Waals surface area contributed by atoms with Gasteiger partial charge in [-0.25, -0.2) is 0 Å². The van der Waals surface area contributed by atoms with Crippen molar-refractivity contribution in [1.82, 2.24) is 0 Å². The molecule has 20 heavy (non-hydrogen) atoms. The quantitative estimate of drug-likeness (QED) is 0.786. The number of aliphatic hydroxyl groups is 1. The number of hydrogen-bond acceptors (Lipinski definition) is 4. The minimum absolute atomic E-state index is 0.171. The molecule has 0 radical (unpaired) electrons. The summed E-state index contributed by atoms with van der Waals surface area (Å²) in [5.74, 6) is 0.171. The van der Waals surface area contributed by atoms with Crippen LogP contribution in [-0.2, 0) is 14.0 Å². The van der Waals surface area contributed by atoms with Crippen molar-refractivity contribution in [2.45, 2.75) is 84.7 Å². The van der Waals surface area contributed by atoms with Gasteiger partial charge in [0.25, 0.3) is 0 Å². The van der Waals surface area contributed by atoms with Gasteiger partial charge in [-0.1, -0.05) is 13.8 Å². The molecule has 1 unspecified atom stereocenters. The summed E-state index contributed by atoms with van der Waals surface area (Å²) in [7, 11) is -0.0913. The third-order valence-corrected chi connectivity index (χ3v) is 5.14. The number of hydrogen-bond donors (Lipinski definition) is 1. The zero-order valence-electron chi connectivity index (χ0n) is 14.5. The van der Waals surface area contributed by atoms with Crippen LogP contribution >= 0.6 is 0 Å². The summed E-state index contributed by atoms with van der Waals surface area (Å²) in [5.41, 5.74) is -2.31. The van der Waals surface area contributed by atoms with Gasteiger partial charge in [0.2, 0.25) is 0 Å². The van der Waals surface area contributed by atoms with Gasteiger partial charge in [-0.2, -0.15) is 0 Å². The predicted molar refractivity (Wildman–Crippen MR) is 83.9 cm³/mol. The van der Waals surface area contributed by atoms with E-state index in [0.29, 0.717) is 7.37 Å². The molecule has 1 aliphatic rings. The molecule has 6 heteroatoms. The minimum atomic E-state index is -0.940. The molecule has 1 rings (SSSR count). The van der Waals surface area contributed by atoms with Crippen molar-refractivity contribution in [3.05, 3.63) is 0 Å². The van der Waals surface area contributed by atoms with E-state index in [1.165, 1.54) is 0 Å². The van der Waals surface area contributed by atoms with E-state index in [9.17, 15) is 5.11 Å². The zero-order chi connectivity index (χ0) is 16.0. The van der Waals surface area contributed by atoms with Crippen LogP contribution in [0.2, 0.25) is 0 Å². The highest BCUT2D eigenvalue weighted by Gasteiger charge is 2.53. The van der Waals surface area contributed by atoms with Crippen molar-refractivity contribution in [3.63, 3.8) is 0 Å². The van der Waals surface area contributed by atoms with Crippen LogP contribution in [-0.4, -0.2) is 41.9 Å². The Morgan fingerprint density at radius 2 is 1.45 bits per heavy atom. The molecule has 0 amide bonds. The molecule has 1 fully saturated rings. The average molecular weight is 284 g/mol. The first-order chi connectivity index (χ1) is 8.73. The van der Waals surface area contributed by atoms with Crippen LogP contribution in [0, 0.1) is 5.92 Å². The molecule has 0 spiro atoms. The Bertz CT molecular complexity index is 334. The molecule has 0 aromatic heterocycles. The van der Waals surface area contributed by atoms with E-state index >= 15 is 0 Å². The fraction of sp³-hybridized carbons (Fsp3) is 1.00. The molecule has 1 aliphatic heterocycles. The molecule has 0 bridgehead atoms. The van der Waals surface area contributed by atoms with Gasteiger partial charge in [-0.05, 0) is 54.4 Å². The molecule has 0 saturated carbocycles. The van der Waals surface area contributed by atoms with Crippen LogP contribution in [0.25, 0.3) is 0 Å². The standard InChI is InChI=1S/C14H30B2O4/c1-10(2)14(9,11(3,4)17)18-15-16-19-12(5,6)13(7,8)20-16/h10,15,17H,1-9H3. The van der Waals surface area contributed by atoms with Gasteiger partial charge in [0.15, 0.2) is 0 Å². The molecule has 0 aromatic rings. The molecule has 1 saturated heterocycles. The predicted octanol–water partition coefficient (Wildman–Crippen LogP) is 2.13. The molecular weight excluding hydrogens is 254 g/mol. The summed E-state index contributed by atoms with van der Waals surface area (Å²) in [6.07, 6.45) is 0. The topological polar surface area (TPSA) is 47.9 Å². The van der Waals surface area contributed by atoms with E-state index in [1.54, 1.807) is 13.8 Å². The summed E-state index contributed by atoms with van der Waals surface area (Å²) < 4.78 is 17.9. The molecule has 1 atom stereocenters. The Morgan fingerprint density at radius 3 is 1.75 bits per heavy atom. The van der Waals surface area contributed by atoms with Crippen LogP contribution in [0.5, 0.6) is 0 Å². The first kappa shape index (κ1) is 18.0. The highest BCUT2D eigenvalue weighted by Crippen LogP contribution is 2.38. The summed E-state index contributed by atoms with van der Waals surface area (Å²) >= 11 is 0. The van der Waals surface area contributed by atoms with Crippen LogP contribution < -0.4 is 0 Å². The van der Waals surface area contributed by atoms with E-state index in [4.69, 9.17) is 14.0 Å². The van der Waals surface area contributed by atoms with Crippen molar-refractivity contribution >= 4 is 14.4 Å². The largest absolute Gasteiger partial charge is 0.441 e. The van der Waals surface area contributed by atoms with Crippen LogP contribution in [0.1, 0.15) is 62.3 Å². The highest BCUT2D eigenvalue weighted by molar-refractivity contribution is 7.03. The second-order valence-electron chi connectivity index (χ2n) is 7.82. The molecule has 0 aromatic carbocycles. The van der Waals surface area contributed by atoms with E-state index < -0.39 is 18.2 Å². The lowest BCUT2D eigenvalue weighted by Crippen LogP contribution is -2.55. The van der Waals surface area contributed by atoms with Gasteiger partial charge in [-0.15, -0.1) is 0 Å². The van der Waals surface area contributed by atoms with E-state index in [-0.39, 0.29) is 17.1 Å². The van der Waals surface area contributed by atoms with Gasteiger partial charge in [0, 0.05) is 0 Å². The summed E-state index contributed by atoms with van der Waals surface area (Å²) in [5, 5.41) is 10.4. The summed E-state index contributed by atoms with van der Waals surface area (Å²) in [6, 6.07) is 0. The Hall–Kier alpha value is -0.0301. The Kier molecular flexibility index (Phi) is 4.78. The Morgan fingerprint density at radius 1 is 1.05 bits per heavy atom. The summed E-state index contributed by atoms with van der Waals surface area (Å²) in [4.78, 5) is 0. The van der Waals surface area contributed by atoms with Crippen LogP contribution in [0.3, 0.4) is 0 Å². The van der Waals surface area contributed by atoms with Gasteiger partial charge >= 0.3 is 14.4 Å². The molecule has 0 aliphatic carbocycles. The lowest BCUT2D eigenvalue weighted by Gasteiger charge is -2.44. The van der Waals surface area contributed by atoms with Gasteiger partial charge in [0.05, 0.1) is 22.4 Å². The van der Waals surface area contributed by atoms with Crippen molar-refractivity contribution in [2.75, 3.05) is 0 Å². The number of rotatable bonds is 5. The first-order valence-corrected chi connectivity index (χ1v) is 7.45. The second-order valence-corrected chi connectivity index (χ2v) is 7.82. The fourth-order valence-corrected chi connectivity index (χ4v) is 2.32. The maximum absolute atomic E-state index is 10.4. The first-order valence-electron chi connectivity index (χ1n) is 7.45. The minimum Gasteiger partial charge on any atom is -0.433 e. The van der Waals surface area contributed by atoms with Crippen molar-refractivity contribution in [2.24, 2.45) is 5.92 Å². The van der Waals surface area contributed by atoms with Gasteiger partial charge in [0.1, 0.15) is 0 Å². The van der Waals surface area contributed by atoms with Crippen LogP contribution in [0.4, 0.5) is 0 Å². The maximum Gasteiger partial charge on any atom is 0.441 e. The lowest BCUT2D eigenvalue weighted by molar-refractivity contribution is -0.126. The van der Waals surface area contributed by atoms with Gasteiger partial charge in [-0.3, -0.25) is 0 Å². The van der Waals surface area contributed by atoms with Crippen molar-refractivity contribution in [3.8, 4) is 0 Å². The fourth-order valence-electron chi connectivity index (χ4n) is 2.32. The van der Waals surface area contributed by atoms with Gasteiger partial charge < -0.3 is 19.1 Å². The van der Waals surface area contributed by atoms with Crippen LogP contribution in [0.15, 0.2) is 0 Å². The molecule has 116 valence electrons. The molecule has 1 N–H and O–H groups in total. The molecule has 1 heterocycles. The average Bonchev–Trinajstić information content (AvgIpc) is 2.42. The Labute approximate surface area is 125 Å². The van der Waals surface area contributed by atoms with Crippen molar-refractivity contribution < 1.29 is 19.1 Å². The third kappa shape index (κ3) is 3.24. The monoisotopic (exact) mass is 284 g/mol. The smallest absolute Gasteiger partial charge is 0.433 e. The van der Waals surface area contributed by atoms with E-state index in [0.717, 1.165) is 0 Å². The molecule has 4 nitrogen and oxygen atoms in total. The normalized spacial score (nSPS) is 24.9.